The molecule has 0 aliphatic rings. The first-order valence-corrected chi connectivity index (χ1v) is 3.09. The molecule has 4 nitrogen and oxygen atoms in total. The van der Waals surface area contributed by atoms with Gasteiger partial charge in [0, 0.05) is 0 Å². The van der Waals surface area contributed by atoms with Crippen molar-refractivity contribution in [3.63, 3.8) is 0 Å². The zero-order valence-electron chi connectivity index (χ0n) is 5.89. The van der Waals surface area contributed by atoms with Gasteiger partial charge in [-0.05, 0) is 0 Å². The molecular weight excluding hydrogens is 175 g/mol. The van der Waals surface area contributed by atoms with Crippen LogP contribution >= 0.6 is 0 Å². The lowest BCUT2D eigenvalue weighted by Crippen LogP contribution is -2.12. The smallest absolute Gasteiger partial charge is 0.388 e. The summed E-state index contributed by atoms with van der Waals surface area (Å²) in [6.45, 7) is -0.440. The van der Waals surface area contributed by atoms with Gasteiger partial charge in [0.2, 0.25) is 0 Å². The summed E-state index contributed by atoms with van der Waals surface area (Å²) < 4.78 is 35.1. The topological polar surface area (TPSA) is 61.8 Å². The highest BCUT2D eigenvalue weighted by Gasteiger charge is 2.29. The van der Waals surface area contributed by atoms with Crippen LogP contribution < -0.4 is 0 Å². The van der Waals surface area contributed by atoms with Gasteiger partial charge in [0.05, 0.1) is 0 Å². The maximum absolute atomic E-state index is 11.7. The number of alkyl halides is 3. The van der Waals surface area contributed by atoms with Gasteiger partial charge in [-0.3, -0.25) is 5.10 Å². The van der Waals surface area contributed by atoms with Gasteiger partial charge >= 0.3 is 6.18 Å². The lowest BCUT2D eigenvalue weighted by Gasteiger charge is -2.00. The highest BCUT2D eigenvalue weighted by Crippen LogP contribution is 2.18. The molecule has 1 aromatic rings. The quantitative estimate of drug-likeness (QED) is 0.694. The Labute approximate surface area is 65.4 Å². The van der Waals surface area contributed by atoms with Crippen LogP contribution in [-0.4, -0.2) is 26.5 Å². The SMILES string of the molecule is OCc1nc(CC(F)(F)F)n[nH]1. The first-order chi connectivity index (χ1) is 5.51. The molecule has 12 heavy (non-hydrogen) atoms. The van der Waals surface area contributed by atoms with Crippen LogP contribution in [0.4, 0.5) is 13.2 Å². The summed E-state index contributed by atoms with van der Waals surface area (Å²) in [5, 5.41) is 13.9. The van der Waals surface area contributed by atoms with E-state index in [1.54, 1.807) is 0 Å². The zero-order chi connectivity index (χ0) is 9.19. The van der Waals surface area contributed by atoms with Gasteiger partial charge in [-0.25, -0.2) is 4.98 Å². The van der Waals surface area contributed by atoms with Crippen LogP contribution in [0.1, 0.15) is 11.6 Å². The van der Waals surface area contributed by atoms with E-state index in [9.17, 15) is 13.2 Å². The van der Waals surface area contributed by atoms with Crippen molar-refractivity contribution < 1.29 is 18.3 Å². The van der Waals surface area contributed by atoms with Crippen LogP contribution in [0.5, 0.6) is 0 Å². The minimum atomic E-state index is -4.31. The van der Waals surface area contributed by atoms with E-state index in [2.05, 4.69) is 15.2 Å². The maximum Gasteiger partial charge on any atom is 0.396 e. The third kappa shape index (κ3) is 2.50. The number of H-pyrrole nitrogens is 1. The molecule has 0 bridgehead atoms. The molecule has 2 N–H and O–H groups in total. The Hall–Kier alpha value is -1.11. The Morgan fingerprint density at radius 1 is 1.42 bits per heavy atom. The summed E-state index contributed by atoms with van der Waals surface area (Å²) in [6.07, 6.45) is -5.49. The molecule has 0 saturated carbocycles. The predicted molar refractivity (Wildman–Crippen MR) is 32.1 cm³/mol. The van der Waals surface area contributed by atoms with Gasteiger partial charge < -0.3 is 5.11 Å². The van der Waals surface area contributed by atoms with Crippen LogP contribution in [0.2, 0.25) is 0 Å². The lowest BCUT2D eigenvalue weighted by molar-refractivity contribution is -0.128. The summed E-state index contributed by atoms with van der Waals surface area (Å²) in [6, 6.07) is 0. The predicted octanol–water partition coefficient (Wildman–Crippen LogP) is 0.402. The minimum Gasteiger partial charge on any atom is -0.388 e. The standard InChI is InChI=1S/C5H6F3N3O/c6-5(7,8)1-3-9-4(2-12)11-10-3/h12H,1-2H2,(H,9,10,11). The molecule has 1 aromatic heterocycles. The number of halogens is 3. The summed E-state index contributed by atoms with van der Waals surface area (Å²) >= 11 is 0. The second-order valence-corrected chi connectivity index (χ2v) is 2.15. The van der Waals surface area contributed by atoms with Gasteiger partial charge in [0.25, 0.3) is 0 Å². The van der Waals surface area contributed by atoms with Crippen molar-refractivity contribution in [2.45, 2.75) is 19.2 Å². The van der Waals surface area contributed by atoms with E-state index in [1.807, 2.05) is 0 Å². The monoisotopic (exact) mass is 181 g/mol. The molecule has 0 aliphatic heterocycles. The Morgan fingerprint density at radius 2 is 2.08 bits per heavy atom. The van der Waals surface area contributed by atoms with Crippen molar-refractivity contribution in [1.29, 1.82) is 0 Å². The first-order valence-electron chi connectivity index (χ1n) is 3.09. The van der Waals surface area contributed by atoms with Crippen LogP contribution in [-0.2, 0) is 13.0 Å². The highest BCUT2D eigenvalue weighted by molar-refractivity contribution is 4.90. The van der Waals surface area contributed by atoms with E-state index >= 15 is 0 Å². The number of hydrogen-bond donors (Lipinski definition) is 2. The summed E-state index contributed by atoms with van der Waals surface area (Å²) in [5.41, 5.74) is 0. The molecule has 1 rings (SSSR count). The van der Waals surface area contributed by atoms with Gasteiger partial charge in [0.15, 0.2) is 5.82 Å². The van der Waals surface area contributed by atoms with Crippen LogP contribution in [0.25, 0.3) is 0 Å². The van der Waals surface area contributed by atoms with Crippen molar-refractivity contribution in [2.24, 2.45) is 0 Å². The van der Waals surface area contributed by atoms with Gasteiger partial charge in [-0.15, -0.1) is 0 Å². The normalized spacial score (nSPS) is 12.0. The number of nitrogens with zero attached hydrogens (tertiary/aromatic N) is 2. The average molecular weight is 181 g/mol. The van der Waals surface area contributed by atoms with Crippen LogP contribution in [0.15, 0.2) is 0 Å². The Balaban J connectivity index is 2.64. The molecule has 0 spiro atoms. The number of hydrogen-bond acceptors (Lipinski definition) is 3. The van der Waals surface area contributed by atoms with Crippen LogP contribution in [0, 0.1) is 0 Å². The summed E-state index contributed by atoms with van der Waals surface area (Å²) in [5.74, 6) is -0.319. The third-order valence-corrected chi connectivity index (χ3v) is 1.09. The summed E-state index contributed by atoms with van der Waals surface area (Å²) in [4.78, 5) is 3.38. The second-order valence-electron chi connectivity index (χ2n) is 2.15. The molecule has 0 atom stereocenters. The van der Waals surface area contributed by atoms with Gasteiger partial charge in [0.1, 0.15) is 18.9 Å². The minimum absolute atomic E-state index is 0.0363. The highest BCUT2D eigenvalue weighted by atomic mass is 19.4. The zero-order valence-corrected chi connectivity index (χ0v) is 5.89. The molecule has 0 amide bonds. The molecule has 0 saturated heterocycles. The van der Waals surface area contributed by atoms with E-state index in [0.29, 0.717) is 0 Å². The van der Waals surface area contributed by atoms with Crippen molar-refractivity contribution >= 4 is 0 Å². The molecule has 68 valence electrons. The first kappa shape index (κ1) is 8.98. The molecule has 0 aromatic carbocycles. The lowest BCUT2D eigenvalue weighted by atomic mass is 10.4. The van der Waals surface area contributed by atoms with Crippen molar-refractivity contribution in [1.82, 2.24) is 15.2 Å². The number of rotatable bonds is 2. The van der Waals surface area contributed by atoms with Gasteiger partial charge in [-0.2, -0.15) is 18.3 Å². The fourth-order valence-corrected chi connectivity index (χ4v) is 0.664. The van der Waals surface area contributed by atoms with Crippen molar-refractivity contribution in [2.75, 3.05) is 0 Å². The number of aliphatic hydroxyl groups excluding tert-OH is 1. The fourth-order valence-electron chi connectivity index (χ4n) is 0.664. The van der Waals surface area contributed by atoms with E-state index in [1.165, 1.54) is 0 Å². The second kappa shape index (κ2) is 3.10. The molecule has 7 heteroatoms. The molecule has 0 unspecified atom stereocenters. The Morgan fingerprint density at radius 3 is 2.50 bits per heavy atom. The summed E-state index contributed by atoms with van der Waals surface area (Å²) in [7, 11) is 0. The van der Waals surface area contributed by atoms with E-state index in [4.69, 9.17) is 5.11 Å². The van der Waals surface area contributed by atoms with Crippen molar-refractivity contribution in [3.8, 4) is 0 Å². The van der Waals surface area contributed by atoms with E-state index < -0.39 is 19.2 Å². The molecule has 0 aliphatic carbocycles. The Bertz CT molecular complexity index is 257. The van der Waals surface area contributed by atoms with Crippen molar-refractivity contribution in [3.05, 3.63) is 11.6 Å². The molecule has 0 fully saturated rings. The third-order valence-electron chi connectivity index (χ3n) is 1.09. The largest absolute Gasteiger partial charge is 0.396 e. The number of nitrogens with one attached hydrogen (secondary N) is 1. The number of aromatic nitrogens is 3. The van der Waals surface area contributed by atoms with Gasteiger partial charge in [-0.1, -0.05) is 0 Å². The maximum atomic E-state index is 11.7. The molecule has 0 radical (unpaired) electrons. The van der Waals surface area contributed by atoms with E-state index in [0.717, 1.165) is 0 Å². The Kier molecular flexibility index (Phi) is 2.32. The fraction of sp³-hybridized carbons (Fsp3) is 0.600. The van der Waals surface area contributed by atoms with E-state index in [-0.39, 0.29) is 11.6 Å². The average Bonchev–Trinajstić information content (AvgIpc) is 2.32. The number of aromatic amines is 1. The molecular formula is C5H6F3N3O. The molecule has 1 heterocycles. The number of aliphatic hydroxyl groups is 1. The van der Waals surface area contributed by atoms with Crippen LogP contribution in [0.3, 0.4) is 0 Å².